The number of esters is 1. The minimum absolute atomic E-state index is 0.298. The fourth-order valence-electron chi connectivity index (χ4n) is 2.44. The van der Waals surface area contributed by atoms with Crippen molar-refractivity contribution in [2.45, 2.75) is 39.5 Å². The summed E-state index contributed by atoms with van der Waals surface area (Å²) in [5.41, 5.74) is 2.30. The zero-order valence-corrected chi connectivity index (χ0v) is 12.5. The van der Waals surface area contributed by atoms with Crippen LogP contribution in [0.3, 0.4) is 0 Å². The Morgan fingerprint density at radius 1 is 1.55 bits per heavy atom. The smallest absolute Gasteiger partial charge is 0.336 e. The summed E-state index contributed by atoms with van der Waals surface area (Å²) in [6, 6.07) is 2.14. The molecule has 1 aromatic rings. The van der Waals surface area contributed by atoms with Gasteiger partial charge in [-0.2, -0.15) is 5.10 Å². The Balaban J connectivity index is 2.02. The van der Waals surface area contributed by atoms with Crippen LogP contribution in [0, 0.1) is 0 Å². The first kappa shape index (κ1) is 15.0. The van der Waals surface area contributed by atoms with Crippen molar-refractivity contribution in [2.75, 3.05) is 26.8 Å². The third-order valence-corrected chi connectivity index (χ3v) is 3.58. The predicted molar refractivity (Wildman–Crippen MR) is 74.3 cm³/mol. The maximum Gasteiger partial charge on any atom is 0.336 e. The van der Waals surface area contributed by atoms with Crippen LogP contribution in [0.25, 0.3) is 0 Å². The summed E-state index contributed by atoms with van der Waals surface area (Å²) in [6.07, 6.45) is 0.464. The van der Waals surface area contributed by atoms with Gasteiger partial charge >= 0.3 is 5.97 Å². The number of aryl methyl sites for hydroxylation is 2. The number of hydrogen-bond acceptors (Lipinski definition) is 5. The highest BCUT2D eigenvalue weighted by Crippen LogP contribution is 2.13. The number of nitrogens with zero attached hydrogens (tertiary/aromatic N) is 3. The number of carbonyl (C=O) groups excluding carboxylic acids is 1. The van der Waals surface area contributed by atoms with Crippen molar-refractivity contribution in [2.24, 2.45) is 0 Å². The molecule has 2 rings (SSSR count). The van der Waals surface area contributed by atoms with E-state index in [9.17, 15) is 4.79 Å². The molecule has 2 heterocycles. The standard InChI is InChI=1S/C14H23N3O3/c1-4-11-8-12(17(5-2)15-11)9-16-6-7-20-13(10-16)14(18)19-3/h8,13H,4-7,9-10H2,1-3H3. The Labute approximate surface area is 119 Å². The van der Waals surface area contributed by atoms with Gasteiger partial charge in [-0.1, -0.05) is 6.92 Å². The van der Waals surface area contributed by atoms with Gasteiger partial charge in [-0.25, -0.2) is 4.79 Å². The van der Waals surface area contributed by atoms with Crippen LogP contribution in [-0.2, 0) is 33.8 Å². The minimum Gasteiger partial charge on any atom is -0.467 e. The molecule has 0 spiro atoms. The van der Waals surface area contributed by atoms with Gasteiger partial charge in [0.05, 0.1) is 25.1 Å². The Kier molecular flexibility index (Phi) is 5.14. The van der Waals surface area contributed by atoms with Gasteiger partial charge in [-0.15, -0.1) is 0 Å². The zero-order chi connectivity index (χ0) is 14.5. The summed E-state index contributed by atoms with van der Waals surface area (Å²) in [6.45, 7) is 7.80. The lowest BCUT2D eigenvalue weighted by Crippen LogP contribution is -2.46. The fourth-order valence-corrected chi connectivity index (χ4v) is 2.44. The molecule has 20 heavy (non-hydrogen) atoms. The number of ether oxygens (including phenoxy) is 2. The number of methoxy groups -OCH3 is 1. The van der Waals surface area contributed by atoms with E-state index in [0.717, 1.165) is 31.7 Å². The van der Waals surface area contributed by atoms with Crippen LogP contribution in [0.1, 0.15) is 25.2 Å². The van der Waals surface area contributed by atoms with Gasteiger partial charge in [0.15, 0.2) is 6.10 Å². The molecule has 1 aromatic heterocycles. The van der Waals surface area contributed by atoms with E-state index in [1.807, 2.05) is 4.68 Å². The van der Waals surface area contributed by atoms with Gasteiger partial charge in [0, 0.05) is 26.2 Å². The van der Waals surface area contributed by atoms with E-state index in [4.69, 9.17) is 9.47 Å². The maximum absolute atomic E-state index is 11.5. The second-order valence-corrected chi connectivity index (χ2v) is 4.91. The molecule has 6 nitrogen and oxygen atoms in total. The lowest BCUT2D eigenvalue weighted by molar-refractivity contribution is -0.160. The van der Waals surface area contributed by atoms with E-state index in [0.29, 0.717) is 13.2 Å². The second kappa shape index (κ2) is 6.85. The Bertz CT molecular complexity index is 459. The molecular formula is C14H23N3O3. The van der Waals surface area contributed by atoms with E-state index in [1.165, 1.54) is 12.8 Å². The highest BCUT2D eigenvalue weighted by molar-refractivity contribution is 5.74. The van der Waals surface area contributed by atoms with Gasteiger partial charge in [0.2, 0.25) is 0 Å². The summed E-state index contributed by atoms with van der Waals surface area (Å²) >= 11 is 0. The Hall–Kier alpha value is -1.40. The highest BCUT2D eigenvalue weighted by atomic mass is 16.6. The first-order valence-electron chi connectivity index (χ1n) is 7.15. The molecule has 1 unspecified atom stereocenters. The SMILES string of the molecule is CCc1cc(CN2CCOC(C(=O)OC)C2)n(CC)n1. The maximum atomic E-state index is 11.5. The average Bonchev–Trinajstić information content (AvgIpc) is 2.88. The molecule has 1 aliphatic heterocycles. The third kappa shape index (κ3) is 3.37. The van der Waals surface area contributed by atoms with Crippen molar-refractivity contribution in [3.05, 3.63) is 17.5 Å². The van der Waals surface area contributed by atoms with Crippen LogP contribution in [-0.4, -0.2) is 53.6 Å². The van der Waals surface area contributed by atoms with E-state index in [-0.39, 0.29) is 5.97 Å². The first-order valence-corrected chi connectivity index (χ1v) is 7.15. The summed E-state index contributed by atoms with van der Waals surface area (Å²) in [4.78, 5) is 13.8. The quantitative estimate of drug-likeness (QED) is 0.749. The molecule has 0 aliphatic carbocycles. The fraction of sp³-hybridized carbons (Fsp3) is 0.714. The normalized spacial score (nSPS) is 20.1. The van der Waals surface area contributed by atoms with Crippen LogP contribution in [0.5, 0.6) is 0 Å². The number of hydrogen-bond donors (Lipinski definition) is 0. The summed E-state index contributed by atoms with van der Waals surface area (Å²) in [7, 11) is 1.39. The number of morpholine rings is 1. The van der Waals surface area contributed by atoms with Crippen LogP contribution in [0.2, 0.25) is 0 Å². The molecule has 0 N–H and O–H groups in total. The van der Waals surface area contributed by atoms with E-state index < -0.39 is 6.10 Å². The minimum atomic E-state index is -0.475. The molecular weight excluding hydrogens is 258 g/mol. The summed E-state index contributed by atoms with van der Waals surface area (Å²) < 4.78 is 12.2. The molecule has 1 aliphatic rings. The van der Waals surface area contributed by atoms with Crippen molar-refractivity contribution < 1.29 is 14.3 Å². The highest BCUT2D eigenvalue weighted by Gasteiger charge is 2.27. The van der Waals surface area contributed by atoms with Gasteiger partial charge in [-0.3, -0.25) is 9.58 Å². The average molecular weight is 281 g/mol. The monoisotopic (exact) mass is 281 g/mol. The van der Waals surface area contributed by atoms with Gasteiger partial charge in [0.25, 0.3) is 0 Å². The zero-order valence-electron chi connectivity index (χ0n) is 12.5. The van der Waals surface area contributed by atoms with Crippen molar-refractivity contribution in [1.82, 2.24) is 14.7 Å². The van der Waals surface area contributed by atoms with E-state index in [1.54, 1.807) is 0 Å². The molecule has 0 radical (unpaired) electrons. The van der Waals surface area contributed by atoms with Crippen molar-refractivity contribution in [3.63, 3.8) is 0 Å². The molecule has 112 valence electrons. The summed E-state index contributed by atoms with van der Waals surface area (Å²) in [5.74, 6) is -0.298. The van der Waals surface area contributed by atoms with Gasteiger partial charge < -0.3 is 9.47 Å². The second-order valence-electron chi connectivity index (χ2n) is 4.91. The number of rotatable bonds is 5. The molecule has 1 atom stereocenters. The van der Waals surface area contributed by atoms with Crippen LogP contribution in [0.4, 0.5) is 0 Å². The van der Waals surface area contributed by atoms with E-state index in [2.05, 4.69) is 29.9 Å². The van der Waals surface area contributed by atoms with Crippen LogP contribution in [0.15, 0.2) is 6.07 Å². The van der Waals surface area contributed by atoms with Crippen LogP contribution >= 0.6 is 0 Å². The van der Waals surface area contributed by atoms with Crippen LogP contribution < -0.4 is 0 Å². The molecule has 0 aromatic carbocycles. The third-order valence-electron chi connectivity index (χ3n) is 3.58. The molecule has 1 fully saturated rings. The van der Waals surface area contributed by atoms with Crippen molar-refractivity contribution in [1.29, 1.82) is 0 Å². The van der Waals surface area contributed by atoms with Crippen molar-refractivity contribution in [3.8, 4) is 0 Å². The lowest BCUT2D eigenvalue weighted by Gasteiger charge is -2.31. The van der Waals surface area contributed by atoms with E-state index >= 15 is 0 Å². The Morgan fingerprint density at radius 2 is 2.35 bits per heavy atom. The largest absolute Gasteiger partial charge is 0.467 e. The van der Waals surface area contributed by atoms with Crippen molar-refractivity contribution >= 4 is 5.97 Å². The molecule has 0 bridgehead atoms. The topological polar surface area (TPSA) is 56.6 Å². The first-order chi connectivity index (χ1) is 9.67. The predicted octanol–water partition coefficient (Wildman–Crippen LogP) is 0.839. The molecule has 1 saturated heterocycles. The number of carbonyl (C=O) groups is 1. The molecule has 6 heteroatoms. The number of aromatic nitrogens is 2. The Morgan fingerprint density at radius 3 is 3.00 bits per heavy atom. The molecule has 0 amide bonds. The lowest BCUT2D eigenvalue weighted by atomic mass is 10.2. The summed E-state index contributed by atoms with van der Waals surface area (Å²) in [5, 5.41) is 4.55. The van der Waals surface area contributed by atoms with Gasteiger partial charge in [0.1, 0.15) is 0 Å². The molecule has 0 saturated carbocycles. The van der Waals surface area contributed by atoms with Gasteiger partial charge in [-0.05, 0) is 19.4 Å².